The van der Waals surface area contributed by atoms with E-state index >= 15 is 0 Å². The van der Waals surface area contributed by atoms with Gasteiger partial charge in [-0.1, -0.05) is 32.9 Å². The molecule has 0 saturated carbocycles. The molecule has 0 fully saturated rings. The van der Waals surface area contributed by atoms with Crippen LogP contribution in [0.25, 0.3) is 0 Å². The zero-order valence-corrected chi connectivity index (χ0v) is 16.1. The third-order valence-corrected chi connectivity index (χ3v) is 8.07. The number of aliphatic carboxylic acids is 1. The van der Waals surface area contributed by atoms with E-state index < -0.39 is 14.3 Å². The Morgan fingerprint density at radius 3 is 1.87 bits per heavy atom. The summed E-state index contributed by atoms with van der Waals surface area (Å²) in [5.41, 5.74) is 1.10. The van der Waals surface area contributed by atoms with Crippen molar-refractivity contribution in [3.8, 4) is 5.75 Å². The van der Waals surface area contributed by atoms with Crippen LogP contribution in [0.5, 0.6) is 5.75 Å². The number of rotatable bonds is 4. The molecule has 5 nitrogen and oxygen atoms in total. The molecule has 0 radical (unpaired) electrons. The molecule has 6 heteroatoms. The number of carbonyl (C=O) groups is 2. The number of benzene rings is 1. The Morgan fingerprint density at radius 1 is 1.09 bits per heavy atom. The predicted molar refractivity (Wildman–Crippen MR) is 93.0 cm³/mol. The fourth-order valence-corrected chi connectivity index (χ4v) is 2.26. The average Bonchev–Trinajstić information content (AvgIpc) is 2.35. The normalized spacial score (nSPS) is 11.3. The van der Waals surface area contributed by atoms with E-state index in [1.54, 1.807) is 12.1 Å². The molecule has 0 amide bonds. The lowest BCUT2D eigenvalue weighted by Crippen LogP contribution is -2.40. The number of hydrogen-bond donors (Lipinski definition) is 1. The van der Waals surface area contributed by atoms with Gasteiger partial charge in [0.15, 0.2) is 8.32 Å². The second-order valence-corrected chi connectivity index (χ2v) is 11.6. The van der Waals surface area contributed by atoms with Crippen molar-refractivity contribution in [2.75, 3.05) is 0 Å². The second-order valence-electron chi connectivity index (χ2n) is 6.81. The highest BCUT2D eigenvalue weighted by atomic mass is 28.4. The van der Waals surface area contributed by atoms with E-state index in [-0.39, 0.29) is 11.0 Å². The van der Waals surface area contributed by atoms with E-state index in [2.05, 4.69) is 33.9 Å². The summed E-state index contributed by atoms with van der Waals surface area (Å²) in [5.74, 6) is -0.561. The highest BCUT2D eigenvalue weighted by Gasteiger charge is 2.36. The minimum atomic E-state index is -1.71. The van der Waals surface area contributed by atoms with E-state index in [9.17, 15) is 4.79 Å². The average molecular weight is 340 g/mol. The van der Waals surface area contributed by atoms with E-state index in [4.69, 9.17) is 19.1 Å². The van der Waals surface area contributed by atoms with Crippen LogP contribution in [-0.2, 0) is 20.6 Å². The summed E-state index contributed by atoms with van der Waals surface area (Å²) in [4.78, 5) is 19.8. The summed E-state index contributed by atoms with van der Waals surface area (Å²) >= 11 is 0. The Kier molecular flexibility index (Phi) is 8.20. The van der Waals surface area contributed by atoms with Gasteiger partial charge in [0.2, 0.25) is 0 Å². The molecule has 0 spiro atoms. The monoisotopic (exact) mass is 340 g/mol. The molecule has 1 aromatic carbocycles. The third kappa shape index (κ3) is 9.15. The quantitative estimate of drug-likeness (QED) is 0.504. The number of carboxylic acid groups (broad SMARTS) is 1. The van der Waals surface area contributed by atoms with Gasteiger partial charge in [0, 0.05) is 13.8 Å². The van der Waals surface area contributed by atoms with Gasteiger partial charge in [-0.15, -0.1) is 0 Å². The van der Waals surface area contributed by atoms with Gasteiger partial charge in [0.05, 0.1) is 6.61 Å². The van der Waals surface area contributed by atoms with E-state index in [0.717, 1.165) is 12.5 Å². The number of hydrogen-bond acceptors (Lipinski definition) is 4. The molecule has 0 saturated heterocycles. The van der Waals surface area contributed by atoms with Crippen LogP contribution in [0.15, 0.2) is 24.3 Å². The summed E-state index contributed by atoms with van der Waals surface area (Å²) in [6, 6.07) is 7.47. The SMILES string of the molecule is CC(=O)O.CC(=O)Oc1ccc(CO[Si](C)(C)C(C)(C)C)cc1. The summed E-state index contributed by atoms with van der Waals surface area (Å²) in [5, 5.41) is 7.63. The summed E-state index contributed by atoms with van der Waals surface area (Å²) < 4.78 is 11.1. The van der Waals surface area contributed by atoms with Crippen LogP contribution in [-0.4, -0.2) is 25.4 Å². The van der Waals surface area contributed by atoms with Crippen molar-refractivity contribution < 1.29 is 23.9 Å². The van der Waals surface area contributed by atoms with Gasteiger partial charge in [-0.2, -0.15) is 0 Å². The van der Waals surface area contributed by atoms with Gasteiger partial charge in [-0.25, -0.2) is 0 Å². The first-order chi connectivity index (χ1) is 10.3. The highest BCUT2D eigenvalue weighted by Crippen LogP contribution is 2.37. The van der Waals surface area contributed by atoms with Gasteiger partial charge >= 0.3 is 5.97 Å². The zero-order valence-electron chi connectivity index (χ0n) is 15.1. The first-order valence-corrected chi connectivity index (χ1v) is 10.4. The van der Waals surface area contributed by atoms with E-state index in [1.165, 1.54) is 6.92 Å². The van der Waals surface area contributed by atoms with Gasteiger partial charge in [-0.3, -0.25) is 9.59 Å². The second kappa shape index (κ2) is 8.84. The van der Waals surface area contributed by atoms with Gasteiger partial charge < -0.3 is 14.3 Å². The Labute approximate surface area is 139 Å². The van der Waals surface area contributed by atoms with Gasteiger partial charge in [-0.05, 0) is 35.8 Å². The molecule has 0 bridgehead atoms. The smallest absolute Gasteiger partial charge is 0.308 e. The molecule has 0 unspecified atom stereocenters. The summed E-state index contributed by atoms with van der Waals surface area (Å²) in [6.07, 6.45) is 0. The topological polar surface area (TPSA) is 72.8 Å². The molecule has 0 heterocycles. The van der Waals surface area contributed by atoms with Gasteiger partial charge in [0.25, 0.3) is 5.97 Å². The Hall–Kier alpha value is -1.66. The molecule has 23 heavy (non-hydrogen) atoms. The Balaban J connectivity index is 0.00000108. The first kappa shape index (κ1) is 21.3. The van der Waals surface area contributed by atoms with Crippen molar-refractivity contribution in [1.29, 1.82) is 0 Å². The zero-order chi connectivity index (χ0) is 18.3. The molecular formula is C17H28O5Si. The van der Waals surface area contributed by atoms with Crippen molar-refractivity contribution in [3.63, 3.8) is 0 Å². The van der Waals surface area contributed by atoms with Crippen LogP contribution in [0, 0.1) is 0 Å². The molecule has 130 valence electrons. The Morgan fingerprint density at radius 2 is 1.52 bits per heavy atom. The molecular weight excluding hydrogens is 312 g/mol. The van der Waals surface area contributed by atoms with Crippen LogP contribution in [0.3, 0.4) is 0 Å². The van der Waals surface area contributed by atoms with Crippen molar-refractivity contribution in [2.24, 2.45) is 0 Å². The standard InChI is InChI=1S/C15H24O3Si.C2H4O2/c1-12(16)18-14-9-7-13(8-10-14)11-17-19(5,6)15(2,3)4;1-2(3)4/h7-10H,11H2,1-6H3;1H3,(H,3,4). The predicted octanol–water partition coefficient (Wildman–Crippen LogP) is 4.22. The van der Waals surface area contributed by atoms with Crippen LogP contribution >= 0.6 is 0 Å². The van der Waals surface area contributed by atoms with Crippen molar-refractivity contribution in [2.45, 2.75) is 59.4 Å². The fourth-order valence-electron chi connectivity index (χ4n) is 1.30. The minimum Gasteiger partial charge on any atom is -0.481 e. The van der Waals surface area contributed by atoms with Crippen LogP contribution < -0.4 is 4.74 Å². The highest BCUT2D eigenvalue weighted by molar-refractivity contribution is 6.74. The molecule has 0 atom stereocenters. The molecule has 0 aliphatic rings. The summed E-state index contributed by atoms with van der Waals surface area (Å²) in [7, 11) is -1.71. The number of ether oxygens (including phenoxy) is 1. The maximum absolute atomic E-state index is 10.8. The number of carboxylic acids is 1. The number of carbonyl (C=O) groups excluding carboxylic acids is 1. The molecule has 0 aliphatic carbocycles. The van der Waals surface area contributed by atoms with Crippen molar-refractivity contribution in [3.05, 3.63) is 29.8 Å². The lowest BCUT2D eigenvalue weighted by molar-refractivity contribution is -0.134. The van der Waals surface area contributed by atoms with Gasteiger partial charge in [0.1, 0.15) is 5.75 Å². The molecule has 0 aromatic heterocycles. The largest absolute Gasteiger partial charge is 0.481 e. The van der Waals surface area contributed by atoms with Crippen molar-refractivity contribution >= 4 is 20.3 Å². The fraction of sp³-hybridized carbons (Fsp3) is 0.529. The lowest BCUT2D eigenvalue weighted by Gasteiger charge is -2.36. The maximum Gasteiger partial charge on any atom is 0.308 e. The minimum absolute atomic E-state index is 0.213. The molecule has 1 rings (SSSR count). The lowest BCUT2D eigenvalue weighted by atomic mass is 10.2. The molecule has 0 aliphatic heterocycles. The Bertz CT molecular complexity index is 511. The maximum atomic E-state index is 10.8. The first-order valence-electron chi connectivity index (χ1n) is 7.46. The van der Waals surface area contributed by atoms with Crippen LogP contribution in [0.4, 0.5) is 0 Å². The van der Waals surface area contributed by atoms with E-state index in [1.807, 2.05) is 12.1 Å². The summed E-state index contributed by atoms with van der Waals surface area (Å²) in [6.45, 7) is 14.2. The van der Waals surface area contributed by atoms with E-state index in [0.29, 0.717) is 12.4 Å². The van der Waals surface area contributed by atoms with Crippen molar-refractivity contribution in [1.82, 2.24) is 0 Å². The molecule has 1 aromatic rings. The van der Waals surface area contributed by atoms with Crippen LogP contribution in [0.2, 0.25) is 18.1 Å². The molecule has 1 N–H and O–H groups in total. The number of esters is 1. The third-order valence-electron chi connectivity index (χ3n) is 3.59. The van der Waals surface area contributed by atoms with Crippen LogP contribution in [0.1, 0.15) is 40.2 Å².